The summed E-state index contributed by atoms with van der Waals surface area (Å²) in [6, 6.07) is 8.31. The molecule has 2 amide bonds. The first-order valence-corrected chi connectivity index (χ1v) is 8.97. The van der Waals surface area contributed by atoms with E-state index in [1.165, 1.54) is 20.5 Å². The van der Waals surface area contributed by atoms with Crippen molar-refractivity contribution in [2.24, 2.45) is 0 Å². The van der Waals surface area contributed by atoms with Gasteiger partial charge in [0, 0.05) is 18.3 Å². The molecule has 3 rings (SSSR count). The Morgan fingerprint density at radius 2 is 1.93 bits per heavy atom. The van der Waals surface area contributed by atoms with Crippen molar-refractivity contribution in [1.82, 2.24) is 15.1 Å². The highest BCUT2D eigenvalue weighted by Gasteiger charge is 2.20. The first kappa shape index (κ1) is 20.0. The summed E-state index contributed by atoms with van der Waals surface area (Å²) in [7, 11) is 3.01. The Morgan fingerprint density at radius 1 is 1.14 bits per heavy atom. The first-order chi connectivity index (χ1) is 14.0. The fourth-order valence-electron chi connectivity index (χ4n) is 2.68. The molecule has 0 aliphatic heterocycles. The van der Waals surface area contributed by atoms with Gasteiger partial charge in [-0.05, 0) is 37.3 Å². The van der Waals surface area contributed by atoms with Gasteiger partial charge in [-0.3, -0.25) is 14.3 Å². The number of anilines is 1. The fourth-order valence-corrected chi connectivity index (χ4v) is 2.68. The average molecular weight is 398 g/mol. The molecule has 9 heteroatoms. The number of furan rings is 1. The Hall–Kier alpha value is -3.75. The van der Waals surface area contributed by atoms with Crippen LogP contribution < -0.4 is 20.1 Å². The smallest absolute Gasteiger partial charge is 0.274 e. The van der Waals surface area contributed by atoms with Gasteiger partial charge in [0.25, 0.3) is 11.8 Å². The third-order valence-corrected chi connectivity index (χ3v) is 4.20. The molecule has 0 saturated heterocycles. The van der Waals surface area contributed by atoms with Crippen molar-refractivity contribution in [3.8, 4) is 11.5 Å². The fraction of sp³-hybridized carbons (Fsp3) is 0.250. The maximum absolute atomic E-state index is 12.7. The molecule has 0 unspecified atom stereocenters. The van der Waals surface area contributed by atoms with Crippen LogP contribution in [0.2, 0.25) is 0 Å². The van der Waals surface area contributed by atoms with E-state index in [4.69, 9.17) is 13.9 Å². The van der Waals surface area contributed by atoms with Gasteiger partial charge in [0.05, 0.1) is 32.7 Å². The molecule has 0 aliphatic rings. The van der Waals surface area contributed by atoms with Crippen molar-refractivity contribution in [2.75, 3.05) is 19.5 Å². The summed E-state index contributed by atoms with van der Waals surface area (Å²) in [6.07, 6.45) is 3.14. The van der Waals surface area contributed by atoms with Crippen molar-refractivity contribution in [3.63, 3.8) is 0 Å². The van der Waals surface area contributed by atoms with Crippen molar-refractivity contribution < 1.29 is 23.5 Å². The molecule has 2 aromatic heterocycles. The molecule has 0 bridgehead atoms. The number of amides is 2. The van der Waals surface area contributed by atoms with Crippen LogP contribution in [0.1, 0.15) is 33.5 Å². The van der Waals surface area contributed by atoms with Crippen LogP contribution >= 0.6 is 0 Å². The Balaban J connectivity index is 1.78. The highest BCUT2D eigenvalue weighted by atomic mass is 16.5. The minimum Gasteiger partial charge on any atom is -0.493 e. The maximum atomic E-state index is 12.7. The second kappa shape index (κ2) is 8.96. The molecule has 0 aliphatic carbocycles. The van der Waals surface area contributed by atoms with Gasteiger partial charge in [-0.1, -0.05) is 0 Å². The topological polar surface area (TPSA) is 108 Å². The highest BCUT2D eigenvalue weighted by molar-refractivity contribution is 6.08. The molecule has 3 aromatic rings. The van der Waals surface area contributed by atoms with E-state index in [0.29, 0.717) is 35.1 Å². The predicted octanol–water partition coefficient (Wildman–Crippen LogP) is 2.70. The van der Waals surface area contributed by atoms with E-state index in [-0.39, 0.29) is 12.2 Å². The lowest BCUT2D eigenvalue weighted by molar-refractivity contribution is 0.0943. The van der Waals surface area contributed by atoms with Gasteiger partial charge in [0.2, 0.25) is 0 Å². The molecule has 0 fully saturated rings. The van der Waals surface area contributed by atoms with Crippen LogP contribution in [0.4, 0.5) is 5.69 Å². The molecule has 0 saturated carbocycles. The Morgan fingerprint density at radius 3 is 2.59 bits per heavy atom. The zero-order chi connectivity index (χ0) is 20.8. The van der Waals surface area contributed by atoms with Crippen LogP contribution in [0.3, 0.4) is 0 Å². The quantitative estimate of drug-likeness (QED) is 0.604. The van der Waals surface area contributed by atoms with Gasteiger partial charge in [-0.2, -0.15) is 5.10 Å². The van der Waals surface area contributed by atoms with Crippen LogP contribution in [-0.4, -0.2) is 35.8 Å². The number of carbonyl (C=O) groups excluding carboxylic acids is 2. The number of hydrogen-bond acceptors (Lipinski definition) is 6. The Labute approximate surface area is 167 Å². The van der Waals surface area contributed by atoms with Crippen molar-refractivity contribution >= 4 is 17.5 Å². The lowest BCUT2D eigenvalue weighted by Crippen LogP contribution is -2.25. The van der Waals surface area contributed by atoms with Gasteiger partial charge >= 0.3 is 0 Å². The number of benzene rings is 1. The number of methoxy groups -OCH3 is 2. The summed E-state index contributed by atoms with van der Waals surface area (Å²) < 4.78 is 17.2. The third kappa shape index (κ3) is 4.57. The van der Waals surface area contributed by atoms with Gasteiger partial charge in [-0.15, -0.1) is 0 Å². The minimum absolute atomic E-state index is 0.118. The van der Waals surface area contributed by atoms with Crippen molar-refractivity contribution in [2.45, 2.75) is 20.0 Å². The van der Waals surface area contributed by atoms with Crippen LogP contribution in [0.15, 0.2) is 47.2 Å². The summed E-state index contributed by atoms with van der Waals surface area (Å²) >= 11 is 0. The summed E-state index contributed by atoms with van der Waals surface area (Å²) in [6.45, 7) is 2.65. The van der Waals surface area contributed by atoms with E-state index in [2.05, 4.69) is 15.7 Å². The monoisotopic (exact) mass is 398 g/mol. The molecule has 9 nitrogen and oxygen atoms in total. The normalized spacial score (nSPS) is 10.4. The number of carbonyl (C=O) groups is 2. The van der Waals surface area contributed by atoms with E-state index >= 15 is 0 Å². The molecule has 2 N–H and O–H groups in total. The number of rotatable bonds is 8. The lowest BCUT2D eigenvalue weighted by atomic mass is 10.2. The third-order valence-electron chi connectivity index (χ3n) is 4.20. The van der Waals surface area contributed by atoms with E-state index in [9.17, 15) is 9.59 Å². The second-order valence-electron chi connectivity index (χ2n) is 6.03. The number of hydrogen-bond donors (Lipinski definition) is 2. The van der Waals surface area contributed by atoms with Crippen LogP contribution in [-0.2, 0) is 13.1 Å². The summed E-state index contributed by atoms with van der Waals surface area (Å²) in [5.74, 6) is 0.740. The zero-order valence-corrected chi connectivity index (χ0v) is 16.4. The number of nitrogens with zero attached hydrogens (tertiary/aromatic N) is 2. The van der Waals surface area contributed by atoms with Gasteiger partial charge in [0.15, 0.2) is 17.2 Å². The number of nitrogens with one attached hydrogen (secondary N) is 2. The summed E-state index contributed by atoms with van der Waals surface area (Å²) in [5, 5.41) is 9.72. The van der Waals surface area contributed by atoms with Crippen molar-refractivity contribution in [3.05, 3.63) is 59.8 Å². The highest BCUT2D eigenvalue weighted by Crippen LogP contribution is 2.28. The first-order valence-electron chi connectivity index (χ1n) is 8.97. The molecular formula is C20H22N4O5. The van der Waals surface area contributed by atoms with Gasteiger partial charge in [-0.25, -0.2) is 0 Å². The minimum atomic E-state index is -0.420. The van der Waals surface area contributed by atoms with Gasteiger partial charge in [0.1, 0.15) is 5.76 Å². The molecule has 152 valence electrons. The molecular weight excluding hydrogens is 376 g/mol. The molecule has 0 radical (unpaired) electrons. The van der Waals surface area contributed by atoms with Crippen LogP contribution in [0, 0.1) is 0 Å². The van der Waals surface area contributed by atoms with E-state index in [0.717, 1.165) is 0 Å². The van der Waals surface area contributed by atoms with E-state index in [1.54, 1.807) is 41.2 Å². The Kier molecular flexibility index (Phi) is 6.18. The largest absolute Gasteiger partial charge is 0.493 e. The number of aromatic nitrogens is 2. The molecule has 0 atom stereocenters. The Bertz CT molecular complexity index is 994. The standard InChI is InChI=1S/C20H22N4O5/c1-4-24-12-15(18(23-24)20(26)21-11-14-6-5-9-29-14)22-19(25)13-7-8-16(27-2)17(10-13)28-3/h5-10,12H,4,11H2,1-3H3,(H,21,26)(H,22,25). The second-order valence-corrected chi connectivity index (χ2v) is 6.03. The maximum Gasteiger partial charge on any atom is 0.274 e. The number of ether oxygens (including phenoxy) is 2. The van der Waals surface area contributed by atoms with Crippen LogP contribution in [0.5, 0.6) is 11.5 Å². The van der Waals surface area contributed by atoms with E-state index in [1.807, 2.05) is 6.92 Å². The molecule has 1 aromatic carbocycles. The number of aryl methyl sites for hydroxylation is 1. The summed E-state index contributed by atoms with van der Waals surface area (Å²) in [4.78, 5) is 25.3. The predicted molar refractivity (Wildman–Crippen MR) is 105 cm³/mol. The van der Waals surface area contributed by atoms with Crippen LogP contribution in [0.25, 0.3) is 0 Å². The SMILES string of the molecule is CCn1cc(NC(=O)c2ccc(OC)c(OC)c2)c(C(=O)NCc2ccco2)n1. The zero-order valence-electron chi connectivity index (χ0n) is 16.4. The average Bonchev–Trinajstić information content (AvgIpc) is 3.41. The van der Waals surface area contributed by atoms with Crippen molar-refractivity contribution in [1.29, 1.82) is 0 Å². The summed E-state index contributed by atoms with van der Waals surface area (Å²) in [5.41, 5.74) is 0.782. The molecule has 29 heavy (non-hydrogen) atoms. The lowest BCUT2D eigenvalue weighted by Gasteiger charge is -2.10. The van der Waals surface area contributed by atoms with Gasteiger partial charge < -0.3 is 24.5 Å². The molecule has 2 heterocycles. The van der Waals surface area contributed by atoms with E-state index < -0.39 is 11.8 Å². The molecule has 0 spiro atoms.